The number of carbonyl (C=O) groups is 1. The van der Waals surface area contributed by atoms with Gasteiger partial charge in [-0.25, -0.2) is 18.9 Å². The van der Waals surface area contributed by atoms with Gasteiger partial charge in [-0.1, -0.05) is 41.9 Å². The van der Waals surface area contributed by atoms with Crippen molar-refractivity contribution < 1.29 is 32.2 Å². The molecule has 0 aliphatic heterocycles. The number of nitrogens with one attached hydrogen (secondary N) is 1. The smallest absolute Gasteiger partial charge is 0.297 e. The molecule has 40 heavy (non-hydrogen) atoms. The Morgan fingerprint density at radius 2 is 1.82 bits per heavy atom. The summed E-state index contributed by atoms with van der Waals surface area (Å²) in [6.45, 7) is -0.0283. The maximum atomic E-state index is 14.4. The lowest BCUT2D eigenvalue weighted by atomic mass is 9.98. The van der Waals surface area contributed by atoms with Crippen molar-refractivity contribution in [1.29, 1.82) is 0 Å². The van der Waals surface area contributed by atoms with Crippen LogP contribution in [0.15, 0.2) is 70.5 Å². The second-order valence-electron chi connectivity index (χ2n) is 8.66. The number of rotatable bonds is 9. The standard InChI is InChI=1S/C26H19ClF4N4O5/c1-26(30,31)22-21(25(39)35(12-32-22)11-16-10-18(27)33-34-24(16)38)40-17-8-14(7-15(9-17)23(28)29)20(37)19(36)13-5-3-2-4-6-13/h2-10,12,19,23,36H,11H2,1H3,(H,34,38). The average molecular weight is 579 g/mol. The van der Waals surface area contributed by atoms with E-state index in [4.69, 9.17) is 16.3 Å². The van der Waals surface area contributed by atoms with Crippen molar-refractivity contribution in [2.24, 2.45) is 0 Å². The van der Waals surface area contributed by atoms with Crippen molar-refractivity contribution in [2.75, 3.05) is 0 Å². The predicted octanol–water partition coefficient (Wildman–Crippen LogP) is 4.79. The largest absolute Gasteiger partial charge is 0.449 e. The molecule has 14 heteroatoms. The van der Waals surface area contributed by atoms with Gasteiger partial charge in [0.2, 0.25) is 5.75 Å². The van der Waals surface area contributed by atoms with Crippen LogP contribution in [0.25, 0.3) is 0 Å². The molecular formula is C26H19ClF4N4O5. The zero-order valence-corrected chi connectivity index (χ0v) is 21.2. The number of hydrogen-bond acceptors (Lipinski definition) is 7. The van der Waals surface area contributed by atoms with E-state index in [9.17, 15) is 37.1 Å². The Labute approximate surface area is 227 Å². The summed E-state index contributed by atoms with van der Waals surface area (Å²) in [4.78, 5) is 41.8. The van der Waals surface area contributed by atoms with Crippen molar-refractivity contribution in [3.05, 3.63) is 115 Å². The number of aliphatic hydroxyl groups excluding tert-OH is 1. The van der Waals surface area contributed by atoms with E-state index in [2.05, 4.69) is 15.2 Å². The number of hydrogen-bond donors (Lipinski definition) is 2. The van der Waals surface area contributed by atoms with E-state index in [1.807, 2.05) is 0 Å². The summed E-state index contributed by atoms with van der Waals surface area (Å²) in [5.74, 6) is -6.28. The van der Waals surface area contributed by atoms with Gasteiger partial charge in [0.25, 0.3) is 23.5 Å². The normalized spacial score (nSPS) is 12.4. The van der Waals surface area contributed by atoms with Gasteiger partial charge >= 0.3 is 0 Å². The molecule has 0 aliphatic carbocycles. The number of ether oxygens (including phenoxy) is 1. The number of aliphatic hydroxyl groups is 1. The number of H-pyrrole nitrogens is 1. The topological polar surface area (TPSA) is 127 Å². The molecule has 0 amide bonds. The molecule has 2 heterocycles. The fourth-order valence-corrected chi connectivity index (χ4v) is 3.89. The molecule has 208 valence electrons. The number of alkyl halides is 4. The van der Waals surface area contributed by atoms with Gasteiger partial charge in [0.1, 0.15) is 17.0 Å². The highest BCUT2D eigenvalue weighted by Crippen LogP contribution is 2.35. The van der Waals surface area contributed by atoms with Gasteiger partial charge in [0, 0.05) is 23.6 Å². The van der Waals surface area contributed by atoms with Gasteiger partial charge < -0.3 is 9.84 Å². The van der Waals surface area contributed by atoms with Crippen molar-refractivity contribution in [1.82, 2.24) is 19.7 Å². The molecule has 0 bridgehead atoms. The molecule has 0 spiro atoms. The third-order valence-corrected chi connectivity index (χ3v) is 5.84. The molecule has 2 aromatic heterocycles. The van der Waals surface area contributed by atoms with Gasteiger partial charge in [-0.15, -0.1) is 0 Å². The van der Waals surface area contributed by atoms with E-state index in [0.29, 0.717) is 6.92 Å². The molecule has 4 rings (SSSR count). The van der Waals surface area contributed by atoms with Gasteiger partial charge in [0.15, 0.2) is 11.5 Å². The SMILES string of the molecule is CC(F)(F)c1ncn(Cc2cc(Cl)n[nH]c2=O)c(=O)c1Oc1cc(C(=O)C(O)c2ccccc2)cc(C(F)F)c1. The number of carbonyl (C=O) groups excluding carboxylic acids is 1. The van der Waals surface area contributed by atoms with Crippen LogP contribution < -0.4 is 15.9 Å². The zero-order valence-electron chi connectivity index (χ0n) is 20.4. The lowest BCUT2D eigenvalue weighted by Gasteiger charge is -2.18. The number of benzene rings is 2. The molecule has 0 fully saturated rings. The van der Waals surface area contributed by atoms with Gasteiger partial charge in [0.05, 0.1) is 12.9 Å². The van der Waals surface area contributed by atoms with Gasteiger partial charge in [-0.3, -0.25) is 19.0 Å². The second kappa shape index (κ2) is 11.4. The molecule has 0 aliphatic rings. The molecule has 1 atom stereocenters. The Kier molecular flexibility index (Phi) is 8.16. The minimum Gasteiger partial charge on any atom is -0.449 e. The molecular weight excluding hydrogens is 560 g/mol. The van der Waals surface area contributed by atoms with Crippen LogP contribution in [0.4, 0.5) is 17.6 Å². The molecule has 4 aromatic rings. The minimum atomic E-state index is -3.71. The highest BCUT2D eigenvalue weighted by Gasteiger charge is 2.34. The Morgan fingerprint density at radius 3 is 2.48 bits per heavy atom. The Balaban J connectivity index is 1.79. The first kappa shape index (κ1) is 28.6. The monoisotopic (exact) mass is 578 g/mol. The zero-order chi connectivity index (χ0) is 29.2. The molecule has 9 nitrogen and oxygen atoms in total. The molecule has 0 saturated carbocycles. The third kappa shape index (κ3) is 6.26. The Bertz CT molecular complexity index is 1670. The van der Waals surface area contributed by atoms with Crippen LogP contribution in [0.5, 0.6) is 11.5 Å². The Morgan fingerprint density at radius 1 is 1.12 bits per heavy atom. The van der Waals surface area contributed by atoms with E-state index in [-0.39, 0.29) is 16.3 Å². The maximum Gasteiger partial charge on any atom is 0.297 e. The van der Waals surface area contributed by atoms with Gasteiger partial charge in [-0.05, 0) is 29.8 Å². The molecule has 1 unspecified atom stereocenters. The minimum absolute atomic E-state index is 0.0617. The maximum absolute atomic E-state index is 14.4. The molecule has 2 N–H and O–H groups in total. The van der Waals surface area contributed by atoms with Crippen LogP contribution in [-0.2, 0) is 12.5 Å². The number of Topliss-reactive ketones (excluding diaryl/α,β-unsaturated/α-hetero) is 1. The summed E-state index contributed by atoms with van der Waals surface area (Å²) in [6.07, 6.45) is -4.08. The van der Waals surface area contributed by atoms with Crippen LogP contribution in [-0.4, -0.2) is 30.6 Å². The fourth-order valence-electron chi connectivity index (χ4n) is 3.72. The number of ketones is 1. The van der Waals surface area contributed by atoms with Crippen LogP contribution in [0, 0.1) is 0 Å². The van der Waals surface area contributed by atoms with Crippen molar-refractivity contribution in [3.8, 4) is 11.5 Å². The molecule has 0 saturated heterocycles. The first-order valence-electron chi connectivity index (χ1n) is 11.4. The Hall–Kier alpha value is -4.36. The third-order valence-electron chi connectivity index (χ3n) is 5.65. The summed E-state index contributed by atoms with van der Waals surface area (Å²) in [7, 11) is 0. The van der Waals surface area contributed by atoms with E-state index in [0.717, 1.165) is 35.2 Å². The van der Waals surface area contributed by atoms with E-state index < -0.39 is 70.2 Å². The first-order valence-corrected chi connectivity index (χ1v) is 11.8. The van der Waals surface area contributed by atoms with Crippen LogP contribution >= 0.6 is 11.6 Å². The summed E-state index contributed by atoms with van der Waals surface area (Å²) in [5.41, 5.74) is -4.04. The second-order valence-corrected chi connectivity index (χ2v) is 9.05. The highest BCUT2D eigenvalue weighted by atomic mass is 35.5. The average Bonchev–Trinajstić information content (AvgIpc) is 2.91. The number of nitrogens with zero attached hydrogens (tertiary/aromatic N) is 3. The summed E-state index contributed by atoms with van der Waals surface area (Å²) >= 11 is 5.77. The van der Waals surface area contributed by atoms with Gasteiger partial charge in [-0.2, -0.15) is 13.9 Å². The van der Waals surface area contributed by atoms with Crippen LogP contribution in [0.2, 0.25) is 5.15 Å². The summed E-state index contributed by atoms with van der Waals surface area (Å²) in [6, 6.07) is 11.3. The van der Waals surface area contributed by atoms with E-state index in [1.165, 1.54) is 12.1 Å². The van der Waals surface area contributed by atoms with Crippen molar-refractivity contribution in [2.45, 2.75) is 31.9 Å². The number of halogens is 5. The first-order chi connectivity index (χ1) is 18.8. The summed E-state index contributed by atoms with van der Waals surface area (Å²) in [5, 5.41) is 16.0. The molecule has 2 aromatic carbocycles. The number of aromatic amines is 1. The van der Waals surface area contributed by atoms with Crippen molar-refractivity contribution >= 4 is 17.4 Å². The van der Waals surface area contributed by atoms with E-state index in [1.54, 1.807) is 18.2 Å². The molecule has 0 radical (unpaired) electrons. The van der Waals surface area contributed by atoms with Crippen LogP contribution in [0.3, 0.4) is 0 Å². The number of aromatic nitrogens is 4. The fraction of sp³-hybridized carbons (Fsp3) is 0.192. The van der Waals surface area contributed by atoms with Crippen LogP contribution in [0.1, 0.15) is 52.2 Å². The lowest BCUT2D eigenvalue weighted by Crippen LogP contribution is -2.29. The van der Waals surface area contributed by atoms with Crippen molar-refractivity contribution in [3.63, 3.8) is 0 Å². The quantitative estimate of drug-likeness (QED) is 0.216. The predicted molar refractivity (Wildman–Crippen MR) is 134 cm³/mol. The highest BCUT2D eigenvalue weighted by molar-refractivity contribution is 6.29. The van der Waals surface area contributed by atoms with E-state index >= 15 is 0 Å². The lowest BCUT2D eigenvalue weighted by molar-refractivity contribution is 0.0101. The summed E-state index contributed by atoms with van der Waals surface area (Å²) < 4.78 is 62.4.